The fraction of sp³-hybridized carbons (Fsp3) is 0.182. The van der Waals surface area contributed by atoms with E-state index in [1.165, 1.54) is 0 Å². The van der Waals surface area contributed by atoms with Crippen molar-refractivity contribution >= 4 is 17.4 Å². The molecule has 3 aromatic rings. The molecule has 1 amide bonds. The van der Waals surface area contributed by atoms with E-state index < -0.39 is 5.41 Å². The second kappa shape index (κ2) is 6.27. The molecule has 2 aromatic carbocycles. The molecular weight excluding hydrogens is 354 g/mol. The summed E-state index contributed by atoms with van der Waals surface area (Å²) in [7, 11) is 0. The third kappa shape index (κ3) is 2.83. The lowest BCUT2D eigenvalue weighted by Gasteiger charge is -2.16. The minimum Gasteiger partial charge on any atom is -0.454 e. The van der Waals surface area contributed by atoms with E-state index in [1.54, 1.807) is 6.07 Å². The van der Waals surface area contributed by atoms with Gasteiger partial charge in [-0.15, -0.1) is 0 Å². The third-order valence-corrected chi connectivity index (χ3v) is 5.31. The van der Waals surface area contributed by atoms with Gasteiger partial charge in [0.05, 0.1) is 11.1 Å². The van der Waals surface area contributed by atoms with Crippen molar-refractivity contribution in [1.29, 1.82) is 0 Å². The van der Waals surface area contributed by atoms with Crippen LogP contribution in [0.3, 0.4) is 0 Å². The molecule has 1 saturated carbocycles. The zero-order valence-electron chi connectivity index (χ0n) is 15.1. The summed E-state index contributed by atoms with van der Waals surface area (Å²) in [5.74, 6) is 1.90. The first kappa shape index (κ1) is 16.6. The normalized spacial score (nSPS) is 15.9. The van der Waals surface area contributed by atoms with Crippen molar-refractivity contribution in [1.82, 2.24) is 4.98 Å². The van der Waals surface area contributed by atoms with Crippen molar-refractivity contribution in [2.75, 3.05) is 17.8 Å². The predicted octanol–water partition coefficient (Wildman–Crippen LogP) is 3.73. The van der Waals surface area contributed by atoms with Crippen LogP contribution < -0.4 is 20.5 Å². The summed E-state index contributed by atoms with van der Waals surface area (Å²) in [6, 6.07) is 18.8. The van der Waals surface area contributed by atoms with Gasteiger partial charge in [-0.25, -0.2) is 4.98 Å². The van der Waals surface area contributed by atoms with E-state index in [9.17, 15) is 4.79 Å². The van der Waals surface area contributed by atoms with Crippen LogP contribution in [0.2, 0.25) is 0 Å². The van der Waals surface area contributed by atoms with E-state index in [4.69, 9.17) is 15.2 Å². The molecule has 2 aliphatic rings. The Bertz CT molecular complexity index is 1060. The molecule has 0 spiro atoms. The molecule has 6 nitrogen and oxygen atoms in total. The Morgan fingerprint density at radius 1 is 1.00 bits per heavy atom. The first-order chi connectivity index (χ1) is 13.6. The highest BCUT2D eigenvalue weighted by Crippen LogP contribution is 2.51. The van der Waals surface area contributed by atoms with Crippen LogP contribution in [0.5, 0.6) is 11.5 Å². The van der Waals surface area contributed by atoms with Gasteiger partial charge in [0.1, 0.15) is 5.82 Å². The number of amides is 1. The smallest absolute Gasteiger partial charge is 0.236 e. The molecule has 0 bridgehead atoms. The zero-order chi connectivity index (χ0) is 19.1. The van der Waals surface area contributed by atoms with Crippen molar-refractivity contribution in [2.45, 2.75) is 18.3 Å². The number of anilines is 2. The number of rotatable bonds is 4. The lowest BCUT2D eigenvalue weighted by Crippen LogP contribution is -2.28. The number of nitrogens with zero attached hydrogens (tertiary/aromatic N) is 1. The number of ether oxygens (including phenoxy) is 2. The highest BCUT2D eigenvalue weighted by Gasteiger charge is 2.51. The van der Waals surface area contributed by atoms with E-state index in [1.807, 2.05) is 54.6 Å². The van der Waals surface area contributed by atoms with Crippen LogP contribution in [0.15, 0.2) is 60.7 Å². The molecule has 0 unspecified atom stereocenters. The fourth-order valence-corrected chi connectivity index (χ4v) is 3.52. The molecule has 1 fully saturated rings. The Labute approximate surface area is 162 Å². The number of hydrogen-bond donors (Lipinski definition) is 2. The second-order valence-electron chi connectivity index (χ2n) is 7.13. The number of carbonyl (C=O) groups is 1. The largest absolute Gasteiger partial charge is 0.454 e. The Balaban J connectivity index is 1.38. The van der Waals surface area contributed by atoms with Crippen LogP contribution in [0, 0.1) is 0 Å². The molecule has 140 valence electrons. The van der Waals surface area contributed by atoms with Crippen molar-refractivity contribution in [3.63, 3.8) is 0 Å². The molecule has 5 rings (SSSR count). The highest BCUT2D eigenvalue weighted by atomic mass is 16.7. The van der Waals surface area contributed by atoms with Crippen molar-refractivity contribution in [2.24, 2.45) is 0 Å². The molecule has 3 N–H and O–H groups in total. The van der Waals surface area contributed by atoms with Crippen LogP contribution in [0.1, 0.15) is 18.4 Å². The topological polar surface area (TPSA) is 86.5 Å². The van der Waals surface area contributed by atoms with Gasteiger partial charge in [-0.3, -0.25) is 4.79 Å². The molecule has 0 saturated heterocycles. The standard InChI is InChI=1S/C22H19N3O3/c23-16-7-4-14(5-8-16)17-2-1-3-20(24-17)25-21(26)22(10-11-22)15-6-9-18-19(12-15)28-13-27-18/h1-9,12H,10-11,13,23H2,(H,24,25,26). The Kier molecular flexibility index (Phi) is 3.72. The Hall–Kier alpha value is -3.54. The lowest BCUT2D eigenvalue weighted by atomic mass is 9.94. The lowest BCUT2D eigenvalue weighted by molar-refractivity contribution is -0.118. The predicted molar refractivity (Wildman–Crippen MR) is 106 cm³/mol. The van der Waals surface area contributed by atoms with Crippen LogP contribution in [-0.2, 0) is 10.2 Å². The minimum atomic E-state index is -0.528. The van der Waals surface area contributed by atoms with Crippen LogP contribution >= 0.6 is 0 Å². The summed E-state index contributed by atoms with van der Waals surface area (Å²) in [4.78, 5) is 17.6. The molecule has 1 aliphatic heterocycles. The maximum absolute atomic E-state index is 13.1. The molecule has 1 aliphatic carbocycles. The molecule has 2 heterocycles. The van der Waals surface area contributed by atoms with Crippen molar-refractivity contribution in [3.05, 3.63) is 66.2 Å². The van der Waals surface area contributed by atoms with Gasteiger partial charge < -0.3 is 20.5 Å². The number of nitrogens with two attached hydrogens (primary N) is 1. The van der Waals surface area contributed by atoms with Gasteiger partial charge in [0.15, 0.2) is 11.5 Å². The first-order valence-electron chi connectivity index (χ1n) is 9.19. The van der Waals surface area contributed by atoms with Gasteiger partial charge >= 0.3 is 0 Å². The van der Waals surface area contributed by atoms with Crippen molar-refractivity contribution < 1.29 is 14.3 Å². The van der Waals surface area contributed by atoms with E-state index in [2.05, 4.69) is 10.3 Å². The number of fused-ring (bicyclic) bond motifs is 1. The van der Waals surface area contributed by atoms with Crippen LogP contribution in [0.25, 0.3) is 11.3 Å². The SMILES string of the molecule is Nc1ccc(-c2cccc(NC(=O)C3(c4ccc5c(c4)OCO5)CC3)n2)cc1. The highest BCUT2D eigenvalue weighted by molar-refractivity contribution is 6.01. The average molecular weight is 373 g/mol. The number of pyridine rings is 1. The first-order valence-corrected chi connectivity index (χ1v) is 9.19. The Morgan fingerprint density at radius 3 is 2.57 bits per heavy atom. The van der Waals surface area contributed by atoms with Crippen LogP contribution in [0.4, 0.5) is 11.5 Å². The van der Waals surface area contributed by atoms with Gasteiger partial charge in [-0.2, -0.15) is 0 Å². The van der Waals surface area contributed by atoms with Gasteiger partial charge in [-0.1, -0.05) is 24.3 Å². The fourth-order valence-electron chi connectivity index (χ4n) is 3.52. The Morgan fingerprint density at radius 2 is 1.79 bits per heavy atom. The number of benzene rings is 2. The van der Waals surface area contributed by atoms with E-state index in [-0.39, 0.29) is 12.7 Å². The third-order valence-electron chi connectivity index (χ3n) is 5.31. The second-order valence-corrected chi connectivity index (χ2v) is 7.13. The molecule has 6 heteroatoms. The summed E-state index contributed by atoms with van der Waals surface area (Å²) >= 11 is 0. The summed E-state index contributed by atoms with van der Waals surface area (Å²) in [5, 5.41) is 2.99. The van der Waals surface area contributed by atoms with Gasteiger partial charge in [0.25, 0.3) is 0 Å². The summed E-state index contributed by atoms with van der Waals surface area (Å²) in [5.41, 5.74) is 8.60. The van der Waals surface area contributed by atoms with Gasteiger partial charge in [0.2, 0.25) is 12.7 Å². The summed E-state index contributed by atoms with van der Waals surface area (Å²) in [6.45, 7) is 0.222. The molecule has 0 radical (unpaired) electrons. The number of aromatic nitrogens is 1. The molecule has 28 heavy (non-hydrogen) atoms. The summed E-state index contributed by atoms with van der Waals surface area (Å²) in [6.07, 6.45) is 1.60. The number of nitrogens with one attached hydrogen (secondary N) is 1. The zero-order valence-corrected chi connectivity index (χ0v) is 15.1. The molecule has 0 atom stereocenters. The van der Waals surface area contributed by atoms with E-state index >= 15 is 0 Å². The number of nitrogen functional groups attached to an aromatic ring is 1. The summed E-state index contributed by atoms with van der Waals surface area (Å²) < 4.78 is 10.8. The minimum absolute atomic E-state index is 0.0479. The monoisotopic (exact) mass is 373 g/mol. The van der Waals surface area contributed by atoms with Crippen LogP contribution in [-0.4, -0.2) is 17.7 Å². The molecular formula is C22H19N3O3. The van der Waals surface area contributed by atoms with Gasteiger partial charge in [0, 0.05) is 11.3 Å². The maximum atomic E-state index is 13.1. The quantitative estimate of drug-likeness (QED) is 0.681. The van der Waals surface area contributed by atoms with Crippen molar-refractivity contribution in [3.8, 4) is 22.8 Å². The van der Waals surface area contributed by atoms with E-state index in [0.717, 1.165) is 35.4 Å². The maximum Gasteiger partial charge on any atom is 0.236 e. The number of hydrogen-bond acceptors (Lipinski definition) is 5. The average Bonchev–Trinajstić information content (AvgIpc) is 3.40. The van der Waals surface area contributed by atoms with Gasteiger partial charge in [-0.05, 0) is 54.8 Å². The number of carbonyl (C=O) groups excluding carboxylic acids is 1. The molecule has 1 aromatic heterocycles. The van der Waals surface area contributed by atoms with E-state index in [0.29, 0.717) is 17.3 Å².